The van der Waals surface area contributed by atoms with Gasteiger partial charge in [-0.25, -0.2) is 12.8 Å². The van der Waals surface area contributed by atoms with Gasteiger partial charge in [-0.05, 0) is 12.8 Å². The number of aliphatic hydroxyl groups excluding tert-OH is 1. The maximum absolute atomic E-state index is 10.6. The van der Waals surface area contributed by atoms with Crippen LogP contribution in [0.1, 0.15) is 45.4 Å². The minimum absolute atomic E-state index is 0.308. The number of nitrogens with zero attached hydrogens (tertiary/aromatic N) is 1. The van der Waals surface area contributed by atoms with Gasteiger partial charge in [-0.3, -0.25) is 0 Å². The van der Waals surface area contributed by atoms with Gasteiger partial charge < -0.3 is 14.1 Å². The number of rotatable bonds is 10. The highest BCUT2D eigenvalue weighted by molar-refractivity contribution is 7.85. The second-order valence-corrected chi connectivity index (χ2v) is 6.87. The van der Waals surface area contributed by atoms with E-state index in [4.69, 9.17) is 18.1 Å². The topological polar surface area (TPSA) is 77.4 Å². The molecule has 0 aliphatic heterocycles. The van der Waals surface area contributed by atoms with Crippen molar-refractivity contribution in [3.63, 3.8) is 0 Å². The SMILES string of the molecule is CCCCCCCC[N+](C)(C)CCO.O=S(=O)([O-])CF. The number of hydrogen-bond donors (Lipinski definition) is 1. The summed E-state index contributed by atoms with van der Waals surface area (Å²) in [6.07, 6.45) is 8.14. The Labute approximate surface area is 123 Å². The van der Waals surface area contributed by atoms with E-state index in [1.165, 1.54) is 45.1 Å². The Balaban J connectivity index is 0. The van der Waals surface area contributed by atoms with Crippen LogP contribution in [-0.2, 0) is 10.1 Å². The molecular formula is C13H30FNO4S. The summed E-state index contributed by atoms with van der Waals surface area (Å²) in [5, 5.41) is 8.86. The summed E-state index contributed by atoms with van der Waals surface area (Å²) in [6, 6.07) is -1.81. The Morgan fingerprint density at radius 2 is 1.50 bits per heavy atom. The van der Waals surface area contributed by atoms with E-state index >= 15 is 0 Å². The normalized spacial score (nSPS) is 11.9. The monoisotopic (exact) mass is 315 g/mol. The van der Waals surface area contributed by atoms with Crippen LogP contribution in [0.4, 0.5) is 4.39 Å². The Bertz CT molecular complexity index is 307. The fourth-order valence-electron chi connectivity index (χ4n) is 1.70. The number of aliphatic hydroxyl groups is 1. The molecule has 5 nitrogen and oxygen atoms in total. The van der Waals surface area contributed by atoms with Crippen molar-refractivity contribution in [2.24, 2.45) is 0 Å². The quantitative estimate of drug-likeness (QED) is 0.379. The molecular weight excluding hydrogens is 285 g/mol. The number of alkyl halides is 1. The van der Waals surface area contributed by atoms with Gasteiger partial charge in [-0.1, -0.05) is 32.6 Å². The second kappa shape index (κ2) is 12.5. The van der Waals surface area contributed by atoms with Gasteiger partial charge in [0.05, 0.1) is 27.2 Å². The van der Waals surface area contributed by atoms with E-state index in [2.05, 4.69) is 21.0 Å². The van der Waals surface area contributed by atoms with Crippen LogP contribution in [-0.4, -0.2) is 62.4 Å². The zero-order valence-electron chi connectivity index (χ0n) is 13.0. The molecule has 0 spiro atoms. The second-order valence-electron chi connectivity index (χ2n) is 5.54. The molecule has 0 amide bonds. The van der Waals surface area contributed by atoms with Gasteiger partial charge in [-0.15, -0.1) is 0 Å². The average molecular weight is 315 g/mol. The molecule has 0 aromatic heterocycles. The van der Waals surface area contributed by atoms with Gasteiger partial charge in [0.15, 0.2) is 6.01 Å². The molecule has 0 aliphatic carbocycles. The van der Waals surface area contributed by atoms with E-state index in [0.717, 1.165) is 11.0 Å². The molecule has 0 bridgehead atoms. The standard InChI is InChI=1S/C12H28NO.CH3FO3S/c1-4-5-6-7-8-9-10-13(2,3)11-12-14;2-1-6(3,4)5/h14H,4-12H2,1-3H3;1H2,(H,3,4,5)/q+1;/p-1. The molecule has 124 valence electrons. The third kappa shape index (κ3) is 20.1. The van der Waals surface area contributed by atoms with Crippen LogP contribution in [0.25, 0.3) is 0 Å². The van der Waals surface area contributed by atoms with E-state index < -0.39 is 16.1 Å². The number of unbranched alkanes of at least 4 members (excludes halogenated alkanes) is 5. The van der Waals surface area contributed by atoms with Crippen LogP contribution in [0.2, 0.25) is 0 Å². The molecule has 20 heavy (non-hydrogen) atoms. The van der Waals surface area contributed by atoms with Crippen molar-refractivity contribution < 1.29 is 27.0 Å². The molecule has 1 N–H and O–H groups in total. The highest BCUT2D eigenvalue weighted by Gasteiger charge is 2.12. The first-order valence-electron chi connectivity index (χ1n) is 7.11. The smallest absolute Gasteiger partial charge is 0.179 e. The molecule has 0 heterocycles. The van der Waals surface area contributed by atoms with Crippen LogP contribution in [0, 0.1) is 0 Å². The van der Waals surface area contributed by atoms with Crippen molar-refractivity contribution in [3.8, 4) is 0 Å². The predicted octanol–water partition coefficient (Wildman–Crippen LogP) is 1.87. The van der Waals surface area contributed by atoms with Crippen LogP contribution in [0.15, 0.2) is 0 Å². The lowest BCUT2D eigenvalue weighted by Gasteiger charge is -2.28. The van der Waals surface area contributed by atoms with Gasteiger partial charge >= 0.3 is 0 Å². The van der Waals surface area contributed by atoms with Gasteiger partial charge in [0.1, 0.15) is 16.7 Å². The molecule has 0 atom stereocenters. The lowest BCUT2D eigenvalue weighted by molar-refractivity contribution is -0.890. The Morgan fingerprint density at radius 3 is 1.90 bits per heavy atom. The summed E-state index contributed by atoms with van der Waals surface area (Å²) < 4.78 is 38.8. The van der Waals surface area contributed by atoms with Crippen LogP contribution < -0.4 is 0 Å². The summed E-state index contributed by atoms with van der Waals surface area (Å²) in [5.41, 5.74) is 0. The van der Waals surface area contributed by atoms with Gasteiger partial charge in [0, 0.05) is 0 Å². The van der Waals surface area contributed by atoms with Crippen molar-refractivity contribution in [2.45, 2.75) is 45.4 Å². The highest BCUT2D eigenvalue weighted by atomic mass is 32.2. The first-order chi connectivity index (χ1) is 9.18. The van der Waals surface area contributed by atoms with E-state index in [1.807, 2.05) is 0 Å². The molecule has 0 aromatic carbocycles. The summed E-state index contributed by atoms with van der Waals surface area (Å²) >= 11 is 0. The molecule has 0 aliphatic rings. The summed E-state index contributed by atoms with van der Waals surface area (Å²) in [7, 11) is -0.185. The number of halogens is 1. The molecule has 0 saturated carbocycles. The summed E-state index contributed by atoms with van der Waals surface area (Å²) in [5.74, 6) is 0. The molecule has 0 rings (SSSR count). The van der Waals surface area contributed by atoms with Crippen molar-refractivity contribution in [1.29, 1.82) is 0 Å². The van der Waals surface area contributed by atoms with Crippen molar-refractivity contribution in [1.82, 2.24) is 0 Å². The fraction of sp³-hybridized carbons (Fsp3) is 1.00. The molecule has 0 aromatic rings. The lowest BCUT2D eigenvalue weighted by Crippen LogP contribution is -2.42. The van der Waals surface area contributed by atoms with Gasteiger partial charge in [0.25, 0.3) is 0 Å². The Hall–Kier alpha value is -0.240. The Morgan fingerprint density at radius 1 is 1.05 bits per heavy atom. The van der Waals surface area contributed by atoms with E-state index in [1.54, 1.807) is 0 Å². The van der Waals surface area contributed by atoms with Crippen LogP contribution >= 0.6 is 0 Å². The molecule has 0 unspecified atom stereocenters. The zero-order chi connectivity index (χ0) is 16.1. The predicted molar refractivity (Wildman–Crippen MR) is 78.0 cm³/mol. The van der Waals surface area contributed by atoms with Crippen molar-refractivity contribution in [3.05, 3.63) is 0 Å². The number of hydrogen-bond acceptors (Lipinski definition) is 4. The third-order valence-electron chi connectivity index (χ3n) is 2.96. The molecule has 0 saturated heterocycles. The Kier molecular flexibility index (Phi) is 13.8. The maximum Gasteiger partial charge on any atom is 0.179 e. The highest BCUT2D eigenvalue weighted by Crippen LogP contribution is 2.07. The van der Waals surface area contributed by atoms with Crippen molar-refractivity contribution >= 4 is 10.1 Å². The van der Waals surface area contributed by atoms with E-state index in [-0.39, 0.29) is 0 Å². The number of quaternary nitrogens is 1. The molecule has 0 fully saturated rings. The lowest BCUT2D eigenvalue weighted by atomic mass is 10.1. The van der Waals surface area contributed by atoms with Crippen molar-refractivity contribution in [2.75, 3.05) is 39.8 Å². The van der Waals surface area contributed by atoms with Crippen LogP contribution in [0.5, 0.6) is 0 Å². The summed E-state index contributed by atoms with van der Waals surface area (Å²) in [6.45, 7) is 4.64. The van der Waals surface area contributed by atoms with Gasteiger partial charge in [-0.2, -0.15) is 0 Å². The van der Waals surface area contributed by atoms with E-state index in [9.17, 15) is 4.39 Å². The van der Waals surface area contributed by atoms with E-state index in [0.29, 0.717) is 6.61 Å². The largest absolute Gasteiger partial charge is 0.746 e. The zero-order valence-corrected chi connectivity index (χ0v) is 13.8. The third-order valence-corrected chi connectivity index (χ3v) is 3.22. The van der Waals surface area contributed by atoms with Gasteiger partial charge in [0.2, 0.25) is 0 Å². The summed E-state index contributed by atoms with van der Waals surface area (Å²) in [4.78, 5) is 0. The first-order valence-corrected chi connectivity index (χ1v) is 8.68. The minimum atomic E-state index is -4.58. The minimum Gasteiger partial charge on any atom is -0.746 e. The first kappa shape index (κ1) is 22.0. The van der Waals surface area contributed by atoms with Crippen LogP contribution in [0.3, 0.4) is 0 Å². The average Bonchev–Trinajstić information content (AvgIpc) is 2.33. The molecule has 0 radical (unpaired) electrons. The number of likely N-dealkylation sites (N-methyl/N-ethyl adjacent to an activating group) is 1. The fourth-order valence-corrected chi connectivity index (χ4v) is 1.70. The maximum atomic E-state index is 10.6. The molecule has 7 heteroatoms.